The highest BCUT2D eigenvalue weighted by molar-refractivity contribution is 5.09. The van der Waals surface area contributed by atoms with Crippen molar-refractivity contribution >= 4 is 0 Å². The second kappa shape index (κ2) is 7.40. The van der Waals surface area contributed by atoms with Gasteiger partial charge in [0.25, 0.3) is 0 Å². The topological polar surface area (TPSA) is 48.3 Å². The van der Waals surface area contributed by atoms with Crippen molar-refractivity contribution in [1.29, 1.82) is 5.26 Å². The Morgan fingerprint density at radius 2 is 2.20 bits per heavy atom. The molecule has 1 N–H and O–H groups in total. The van der Waals surface area contributed by atoms with Crippen molar-refractivity contribution in [3.8, 4) is 6.07 Å². The van der Waals surface area contributed by atoms with Gasteiger partial charge in [0.2, 0.25) is 0 Å². The van der Waals surface area contributed by atoms with Crippen molar-refractivity contribution in [1.82, 2.24) is 10.2 Å². The van der Waals surface area contributed by atoms with Crippen LogP contribution in [0.1, 0.15) is 51.9 Å². The lowest BCUT2D eigenvalue weighted by Crippen LogP contribution is -2.46. The molecule has 1 aliphatic heterocycles. The summed E-state index contributed by atoms with van der Waals surface area (Å²) in [4.78, 5) is 2.49. The molecule has 2 fully saturated rings. The number of nitrogens with zero attached hydrogens (tertiary/aromatic N) is 2. The molecule has 0 bridgehead atoms. The molecule has 20 heavy (non-hydrogen) atoms. The number of likely N-dealkylation sites (tertiary alicyclic amines) is 1. The van der Waals surface area contributed by atoms with Crippen LogP contribution in [0.4, 0.5) is 0 Å². The van der Waals surface area contributed by atoms with Crippen LogP contribution in [0, 0.1) is 11.3 Å². The van der Waals surface area contributed by atoms with Crippen LogP contribution in [0.3, 0.4) is 0 Å². The van der Waals surface area contributed by atoms with E-state index >= 15 is 0 Å². The second-order valence-corrected chi connectivity index (χ2v) is 6.37. The molecule has 0 aromatic rings. The average molecular weight is 279 g/mol. The van der Waals surface area contributed by atoms with Crippen LogP contribution in [0.25, 0.3) is 0 Å². The molecule has 2 aliphatic rings. The van der Waals surface area contributed by atoms with Crippen LogP contribution >= 0.6 is 0 Å². The summed E-state index contributed by atoms with van der Waals surface area (Å²) in [6, 6.07) is 3.14. The van der Waals surface area contributed by atoms with Crippen LogP contribution < -0.4 is 5.32 Å². The van der Waals surface area contributed by atoms with Gasteiger partial charge in [-0.15, -0.1) is 0 Å². The first-order valence-electron chi connectivity index (χ1n) is 8.15. The van der Waals surface area contributed by atoms with Gasteiger partial charge in [-0.05, 0) is 58.0 Å². The van der Waals surface area contributed by atoms with Crippen LogP contribution in [-0.2, 0) is 4.74 Å². The Morgan fingerprint density at radius 1 is 1.40 bits per heavy atom. The van der Waals surface area contributed by atoms with Crippen molar-refractivity contribution in [2.45, 2.75) is 69.6 Å². The van der Waals surface area contributed by atoms with Gasteiger partial charge in [0.1, 0.15) is 5.54 Å². The van der Waals surface area contributed by atoms with Gasteiger partial charge in [0, 0.05) is 19.7 Å². The number of piperidine rings is 1. The number of methoxy groups -OCH3 is 1. The fraction of sp³-hybridized carbons (Fsp3) is 0.938. The van der Waals surface area contributed by atoms with Gasteiger partial charge in [0.15, 0.2) is 0 Å². The lowest BCUT2D eigenvalue weighted by atomic mass is 9.91. The zero-order chi connectivity index (χ0) is 14.4. The monoisotopic (exact) mass is 279 g/mol. The number of ether oxygens (including phenoxy) is 1. The zero-order valence-electron chi connectivity index (χ0n) is 13.0. The van der Waals surface area contributed by atoms with Crippen molar-refractivity contribution in [3.63, 3.8) is 0 Å². The van der Waals surface area contributed by atoms with Gasteiger partial charge < -0.3 is 9.64 Å². The third kappa shape index (κ3) is 4.44. The molecule has 2 atom stereocenters. The Hall–Kier alpha value is -0.630. The predicted octanol–water partition coefficient (Wildman–Crippen LogP) is 2.30. The SMILES string of the molecule is CCC(C#N)(CCCN1CCCC(OC)C1)NC1CC1. The van der Waals surface area contributed by atoms with Crippen LogP contribution in [-0.4, -0.2) is 49.3 Å². The molecular weight excluding hydrogens is 250 g/mol. The van der Waals surface area contributed by atoms with E-state index in [0.717, 1.165) is 32.4 Å². The first-order chi connectivity index (χ1) is 9.71. The molecule has 1 aliphatic carbocycles. The molecule has 1 heterocycles. The van der Waals surface area contributed by atoms with E-state index in [-0.39, 0.29) is 5.54 Å². The van der Waals surface area contributed by atoms with E-state index in [0.29, 0.717) is 12.1 Å². The summed E-state index contributed by atoms with van der Waals surface area (Å²) in [7, 11) is 1.81. The minimum absolute atomic E-state index is 0.294. The maximum Gasteiger partial charge on any atom is 0.106 e. The van der Waals surface area contributed by atoms with E-state index in [1.165, 1.54) is 32.2 Å². The third-order valence-electron chi connectivity index (χ3n) is 4.75. The van der Waals surface area contributed by atoms with Crippen LogP contribution in [0.15, 0.2) is 0 Å². The lowest BCUT2D eigenvalue weighted by molar-refractivity contribution is 0.0304. The molecule has 4 nitrogen and oxygen atoms in total. The van der Waals surface area contributed by atoms with Crippen LogP contribution in [0.2, 0.25) is 0 Å². The first kappa shape index (κ1) is 15.8. The standard InChI is InChI=1S/C16H29N3O/c1-3-16(13-17,18-14-7-8-14)9-5-11-19-10-4-6-15(12-19)20-2/h14-15,18H,3-12H2,1-2H3. The second-order valence-electron chi connectivity index (χ2n) is 6.37. The molecule has 114 valence electrons. The van der Waals surface area contributed by atoms with Gasteiger partial charge >= 0.3 is 0 Å². The summed E-state index contributed by atoms with van der Waals surface area (Å²) in [5.74, 6) is 0. The predicted molar refractivity (Wildman–Crippen MR) is 80.5 cm³/mol. The normalized spacial score (nSPS) is 26.9. The number of nitrogens with one attached hydrogen (secondary N) is 1. The van der Waals surface area contributed by atoms with E-state index in [4.69, 9.17) is 4.74 Å². The number of hydrogen-bond donors (Lipinski definition) is 1. The van der Waals surface area contributed by atoms with E-state index in [9.17, 15) is 5.26 Å². The molecule has 1 saturated heterocycles. The molecule has 0 amide bonds. The van der Waals surface area contributed by atoms with Crippen LogP contribution in [0.5, 0.6) is 0 Å². The van der Waals surface area contributed by atoms with Crippen molar-refractivity contribution in [3.05, 3.63) is 0 Å². The Morgan fingerprint density at radius 3 is 2.80 bits per heavy atom. The number of hydrogen-bond acceptors (Lipinski definition) is 4. The summed E-state index contributed by atoms with van der Waals surface area (Å²) < 4.78 is 5.47. The average Bonchev–Trinajstić information content (AvgIpc) is 3.30. The Labute approximate surface area is 123 Å². The van der Waals surface area contributed by atoms with Gasteiger partial charge in [-0.25, -0.2) is 0 Å². The van der Waals surface area contributed by atoms with E-state index in [1.54, 1.807) is 0 Å². The van der Waals surface area contributed by atoms with E-state index in [2.05, 4.69) is 23.2 Å². The number of rotatable bonds is 8. The van der Waals surface area contributed by atoms with E-state index < -0.39 is 0 Å². The molecule has 0 aromatic carbocycles. The quantitative estimate of drug-likeness (QED) is 0.740. The van der Waals surface area contributed by atoms with Gasteiger partial charge in [-0.2, -0.15) is 5.26 Å². The smallest absolute Gasteiger partial charge is 0.106 e. The minimum atomic E-state index is -0.294. The summed E-state index contributed by atoms with van der Waals surface area (Å²) in [6.45, 7) is 5.45. The molecule has 0 aromatic heterocycles. The van der Waals surface area contributed by atoms with Gasteiger partial charge in [0.05, 0.1) is 12.2 Å². The molecule has 4 heteroatoms. The summed E-state index contributed by atoms with van der Waals surface area (Å²) >= 11 is 0. The maximum atomic E-state index is 9.52. The summed E-state index contributed by atoms with van der Waals surface area (Å²) in [5.41, 5.74) is -0.294. The summed E-state index contributed by atoms with van der Waals surface area (Å²) in [5, 5.41) is 13.1. The highest BCUT2D eigenvalue weighted by atomic mass is 16.5. The Bertz CT molecular complexity index is 337. The summed E-state index contributed by atoms with van der Waals surface area (Å²) in [6.07, 6.45) is 8.27. The lowest BCUT2D eigenvalue weighted by Gasteiger charge is -2.33. The van der Waals surface area contributed by atoms with Crippen molar-refractivity contribution in [2.75, 3.05) is 26.7 Å². The molecule has 2 rings (SSSR count). The third-order valence-corrected chi connectivity index (χ3v) is 4.75. The Kier molecular flexibility index (Phi) is 5.83. The molecular formula is C16H29N3O. The van der Waals surface area contributed by atoms with Gasteiger partial charge in [-0.1, -0.05) is 6.92 Å². The zero-order valence-corrected chi connectivity index (χ0v) is 13.0. The molecule has 1 saturated carbocycles. The van der Waals surface area contributed by atoms with Crippen molar-refractivity contribution < 1.29 is 4.74 Å². The largest absolute Gasteiger partial charge is 0.380 e. The molecule has 2 unspecified atom stereocenters. The number of nitriles is 1. The maximum absolute atomic E-state index is 9.52. The van der Waals surface area contributed by atoms with Crippen molar-refractivity contribution in [2.24, 2.45) is 0 Å². The minimum Gasteiger partial charge on any atom is -0.380 e. The molecule has 0 radical (unpaired) electrons. The fourth-order valence-corrected chi connectivity index (χ4v) is 3.15. The Balaban J connectivity index is 1.73. The molecule has 0 spiro atoms. The van der Waals surface area contributed by atoms with E-state index in [1.807, 2.05) is 7.11 Å². The highest BCUT2D eigenvalue weighted by Crippen LogP contribution is 2.27. The fourth-order valence-electron chi connectivity index (χ4n) is 3.15. The van der Waals surface area contributed by atoms with Gasteiger partial charge in [-0.3, -0.25) is 5.32 Å². The first-order valence-corrected chi connectivity index (χ1v) is 8.15. The highest BCUT2D eigenvalue weighted by Gasteiger charge is 2.34.